The zero-order chi connectivity index (χ0) is 14.7. The largest absolute Gasteiger partial charge is 0.472 e. The van der Waals surface area contributed by atoms with Crippen molar-refractivity contribution in [3.63, 3.8) is 0 Å². The second-order valence-electron chi connectivity index (χ2n) is 4.56. The van der Waals surface area contributed by atoms with Crippen molar-refractivity contribution in [3.05, 3.63) is 70.7 Å². The highest BCUT2D eigenvalue weighted by atomic mass is 35.5. The van der Waals surface area contributed by atoms with Crippen LogP contribution in [-0.4, -0.2) is 4.98 Å². The minimum Gasteiger partial charge on any atom is -0.472 e. The van der Waals surface area contributed by atoms with Gasteiger partial charge in [0.25, 0.3) is 0 Å². The molecule has 21 heavy (non-hydrogen) atoms. The van der Waals surface area contributed by atoms with E-state index in [2.05, 4.69) is 11.1 Å². The lowest BCUT2D eigenvalue weighted by Gasteiger charge is -2.08. The minimum atomic E-state index is 0.344. The van der Waals surface area contributed by atoms with Crippen molar-refractivity contribution in [1.29, 1.82) is 5.26 Å². The van der Waals surface area contributed by atoms with Crippen LogP contribution in [0.25, 0.3) is 10.9 Å². The average Bonchev–Trinajstić information content (AvgIpc) is 2.53. The van der Waals surface area contributed by atoms with Crippen LogP contribution in [-0.2, 0) is 6.61 Å². The highest BCUT2D eigenvalue weighted by Gasteiger charge is 2.08. The molecular weight excluding hydrogens is 284 g/mol. The number of nitriles is 1. The summed E-state index contributed by atoms with van der Waals surface area (Å²) in [5, 5.41) is 10.8. The Hall–Kier alpha value is -2.57. The highest BCUT2D eigenvalue weighted by Crippen LogP contribution is 2.22. The summed E-state index contributed by atoms with van der Waals surface area (Å²) in [7, 11) is 0. The van der Waals surface area contributed by atoms with Crippen molar-refractivity contribution in [1.82, 2.24) is 4.98 Å². The number of hydrogen-bond donors (Lipinski definition) is 0. The molecule has 1 aromatic heterocycles. The monoisotopic (exact) mass is 294 g/mol. The molecule has 0 amide bonds. The van der Waals surface area contributed by atoms with Gasteiger partial charge in [0.15, 0.2) is 0 Å². The first-order valence-electron chi connectivity index (χ1n) is 6.43. The Kier molecular flexibility index (Phi) is 3.72. The molecule has 3 rings (SSSR count). The molecule has 102 valence electrons. The number of hydrogen-bond acceptors (Lipinski definition) is 3. The molecule has 0 saturated heterocycles. The van der Waals surface area contributed by atoms with Gasteiger partial charge in [-0.25, -0.2) is 4.98 Å². The van der Waals surface area contributed by atoms with E-state index in [0.717, 1.165) is 16.5 Å². The van der Waals surface area contributed by atoms with E-state index in [-0.39, 0.29) is 0 Å². The van der Waals surface area contributed by atoms with Gasteiger partial charge in [-0.2, -0.15) is 5.26 Å². The normalized spacial score (nSPS) is 10.3. The first kappa shape index (κ1) is 13.4. The maximum Gasteiger partial charge on any atom is 0.232 e. The molecule has 0 spiro atoms. The van der Waals surface area contributed by atoms with Gasteiger partial charge in [0.2, 0.25) is 5.88 Å². The van der Waals surface area contributed by atoms with Crippen LogP contribution in [0.3, 0.4) is 0 Å². The fourth-order valence-electron chi connectivity index (χ4n) is 2.02. The van der Waals surface area contributed by atoms with E-state index >= 15 is 0 Å². The molecule has 0 bridgehead atoms. The Balaban J connectivity index is 1.89. The summed E-state index contributed by atoms with van der Waals surface area (Å²) < 4.78 is 5.69. The lowest BCUT2D eigenvalue weighted by Crippen LogP contribution is -1.99. The number of halogens is 1. The second kappa shape index (κ2) is 5.82. The standard InChI is InChI=1S/C17H11ClN2O/c18-15-7-5-12(6-8-15)11-21-17-14(10-19)9-13-3-1-2-4-16(13)20-17/h1-9H,11H2. The molecule has 0 aliphatic heterocycles. The molecule has 0 N–H and O–H groups in total. The molecule has 3 aromatic rings. The fraction of sp³-hybridized carbons (Fsp3) is 0.0588. The number of rotatable bonds is 3. The molecular formula is C17H11ClN2O. The molecule has 0 unspecified atom stereocenters. The van der Waals surface area contributed by atoms with E-state index in [4.69, 9.17) is 16.3 Å². The summed E-state index contributed by atoms with van der Waals surface area (Å²) in [6, 6.07) is 18.9. The van der Waals surface area contributed by atoms with Gasteiger partial charge in [-0.1, -0.05) is 41.9 Å². The Bertz CT molecular complexity index is 822. The lowest BCUT2D eigenvalue weighted by molar-refractivity contribution is 0.294. The molecule has 0 atom stereocenters. The molecule has 0 fully saturated rings. The zero-order valence-corrected chi connectivity index (χ0v) is 11.8. The number of nitrogens with zero attached hydrogens (tertiary/aromatic N) is 2. The van der Waals surface area contributed by atoms with Crippen molar-refractivity contribution in [2.75, 3.05) is 0 Å². The average molecular weight is 295 g/mol. The Morgan fingerprint density at radius 3 is 2.62 bits per heavy atom. The molecule has 0 saturated carbocycles. The lowest BCUT2D eigenvalue weighted by atomic mass is 10.1. The second-order valence-corrected chi connectivity index (χ2v) is 5.00. The third-order valence-electron chi connectivity index (χ3n) is 3.10. The van der Waals surface area contributed by atoms with Crippen LogP contribution < -0.4 is 4.74 Å². The fourth-order valence-corrected chi connectivity index (χ4v) is 2.15. The quantitative estimate of drug-likeness (QED) is 0.722. The van der Waals surface area contributed by atoms with Crippen LogP contribution >= 0.6 is 11.6 Å². The van der Waals surface area contributed by atoms with E-state index in [1.54, 1.807) is 18.2 Å². The van der Waals surface area contributed by atoms with Crippen LogP contribution in [0.2, 0.25) is 5.02 Å². The molecule has 1 heterocycles. The number of ether oxygens (including phenoxy) is 1. The smallest absolute Gasteiger partial charge is 0.232 e. The third-order valence-corrected chi connectivity index (χ3v) is 3.35. The number of aromatic nitrogens is 1. The molecule has 3 nitrogen and oxygen atoms in total. The zero-order valence-electron chi connectivity index (χ0n) is 11.1. The number of fused-ring (bicyclic) bond motifs is 1. The van der Waals surface area contributed by atoms with Gasteiger partial charge in [0, 0.05) is 10.4 Å². The van der Waals surface area contributed by atoms with Gasteiger partial charge in [0.05, 0.1) is 5.52 Å². The first-order chi connectivity index (χ1) is 10.3. The van der Waals surface area contributed by atoms with Gasteiger partial charge >= 0.3 is 0 Å². The summed E-state index contributed by atoms with van der Waals surface area (Å²) in [6.07, 6.45) is 0. The Labute approximate surface area is 127 Å². The summed E-state index contributed by atoms with van der Waals surface area (Å²) in [4.78, 5) is 4.41. The number of pyridine rings is 1. The first-order valence-corrected chi connectivity index (χ1v) is 6.81. The summed E-state index contributed by atoms with van der Waals surface area (Å²) in [5.74, 6) is 0.353. The van der Waals surface area contributed by atoms with E-state index in [1.807, 2.05) is 36.4 Å². The third kappa shape index (κ3) is 2.96. The topological polar surface area (TPSA) is 45.9 Å². The summed E-state index contributed by atoms with van der Waals surface area (Å²) in [5.41, 5.74) is 2.21. The van der Waals surface area contributed by atoms with Crippen molar-refractivity contribution in [2.24, 2.45) is 0 Å². The van der Waals surface area contributed by atoms with E-state index in [1.165, 1.54) is 0 Å². The molecule has 0 aliphatic carbocycles. The van der Waals surface area contributed by atoms with Crippen molar-refractivity contribution in [3.8, 4) is 11.9 Å². The Morgan fingerprint density at radius 1 is 1.10 bits per heavy atom. The van der Waals surface area contributed by atoms with Crippen LogP contribution in [0, 0.1) is 11.3 Å². The van der Waals surface area contributed by atoms with Crippen LogP contribution in [0.4, 0.5) is 0 Å². The van der Waals surface area contributed by atoms with Crippen molar-refractivity contribution >= 4 is 22.5 Å². The van der Waals surface area contributed by atoms with E-state index in [0.29, 0.717) is 23.1 Å². The van der Waals surface area contributed by atoms with Crippen LogP contribution in [0.1, 0.15) is 11.1 Å². The molecule has 0 radical (unpaired) electrons. The van der Waals surface area contributed by atoms with Gasteiger partial charge < -0.3 is 4.74 Å². The predicted octanol–water partition coefficient (Wildman–Crippen LogP) is 4.34. The van der Waals surface area contributed by atoms with Crippen molar-refractivity contribution < 1.29 is 4.74 Å². The van der Waals surface area contributed by atoms with Crippen LogP contribution in [0.15, 0.2) is 54.6 Å². The SMILES string of the molecule is N#Cc1cc2ccccc2nc1OCc1ccc(Cl)cc1. The predicted molar refractivity (Wildman–Crippen MR) is 82.2 cm³/mol. The number of para-hydroxylation sites is 1. The van der Waals surface area contributed by atoms with E-state index in [9.17, 15) is 5.26 Å². The Morgan fingerprint density at radius 2 is 1.86 bits per heavy atom. The molecule has 4 heteroatoms. The van der Waals surface area contributed by atoms with Crippen molar-refractivity contribution in [2.45, 2.75) is 6.61 Å². The highest BCUT2D eigenvalue weighted by molar-refractivity contribution is 6.30. The van der Waals surface area contributed by atoms with Gasteiger partial charge in [-0.05, 0) is 29.8 Å². The van der Waals surface area contributed by atoms with Gasteiger partial charge in [-0.3, -0.25) is 0 Å². The van der Waals surface area contributed by atoms with Gasteiger partial charge in [0.1, 0.15) is 18.2 Å². The molecule has 0 aliphatic rings. The van der Waals surface area contributed by atoms with Crippen LogP contribution in [0.5, 0.6) is 5.88 Å². The minimum absolute atomic E-state index is 0.344. The number of benzene rings is 2. The summed E-state index contributed by atoms with van der Waals surface area (Å²) in [6.45, 7) is 0.344. The van der Waals surface area contributed by atoms with Gasteiger partial charge in [-0.15, -0.1) is 0 Å². The maximum atomic E-state index is 9.22. The molecule has 2 aromatic carbocycles. The van der Waals surface area contributed by atoms with E-state index < -0.39 is 0 Å². The summed E-state index contributed by atoms with van der Waals surface area (Å²) >= 11 is 5.85. The maximum absolute atomic E-state index is 9.22.